The average Bonchev–Trinajstić information content (AvgIpc) is 3.70. The van der Waals surface area contributed by atoms with E-state index in [1.807, 2.05) is 48.5 Å². The molecule has 89 heavy (non-hydrogen) atoms. The number of carbonyl (C=O) groups excluding carboxylic acids is 6. The van der Waals surface area contributed by atoms with E-state index in [9.17, 15) is 9.59 Å². The predicted molar refractivity (Wildman–Crippen MR) is 355 cm³/mol. The van der Waals surface area contributed by atoms with Gasteiger partial charge in [-0.15, -0.1) is 0 Å². The molecule has 0 aromatic heterocycles. The van der Waals surface area contributed by atoms with Crippen molar-refractivity contribution in [2.24, 2.45) is 11.8 Å². The maximum absolute atomic E-state index is 11.8. The quantitative estimate of drug-likeness (QED) is 0.0246. The zero-order valence-corrected chi connectivity index (χ0v) is 58.0. The van der Waals surface area contributed by atoms with E-state index in [1.165, 1.54) is 95.9 Å². The van der Waals surface area contributed by atoms with Crippen LogP contribution in [-0.2, 0) is 84.9 Å². The van der Waals surface area contributed by atoms with Gasteiger partial charge in [-0.1, -0.05) is 288 Å². The number of hydrogen-bond donors (Lipinski definition) is 0. The van der Waals surface area contributed by atoms with Crippen LogP contribution in [0.5, 0.6) is 0 Å². The molecule has 0 aliphatic carbocycles. The van der Waals surface area contributed by atoms with Crippen molar-refractivity contribution in [1.29, 1.82) is 0 Å². The molecule has 462 valence electrons. The van der Waals surface area contributed by atoms with E-state index in [4.69, 9.17) is 23.9 Å². The van der Waals surface area contributed by atoms with Gasteiger partial charge in [-0.25, -0.2) is 0 Å². The van der Waals surface area contributed by atoms with Gasteiger partial charge in [0.2, 0.25) is 0 Å². The van der Waals surface area contributed by atoms with Crippen LogP contribution in [0.25, 0.3) is 0 Å². The van der Waals surface area contributed by atoms with Gasteiger partial charge < -0.3 is 11.6 Å². The Morgan fingerprint density at radius 3 is 0.843 bits per heavy atom. The van der Waals surface area contributed by atoms with Crippen molar-refractivity contribution in [3.63, 3.8) is 0 Å². The number of ether oxygens (including phenoxy) is 1. The van der Waals surface area contributed by atoms with Crippen LogP contribution in [-0.4, -0.2) is 36.6 Å². The van der Waals surface area contributed by atoms with Gasteiger partial charge in [0.15, 0.2) is 0 Å². The number of benzene rings is 8. The fourth-order valence-corrected chi connectivity index (χ4v) is 9.89. The van der Waals surface area contributed by atoms with Gasteiger partial charge in [-0.3, -0.25) is 9.59 Å². The minimum atomic E-state index is 0. The van der Waals surface area contributed by atoms with Crippen LogP contribution in [0.1, 0.15) is 138 Å². The van der Waals surface area contributed by atoms with E-state index in [1.54, 1.807) is 5.57 Å². The molecule has 0 amide bonds. The van der Waals surface area contributed by atoms with Crippen molar-refractivity contribution in [2.45, 2.75) is 143 Å². The average molecular weight is 1240 g/mol. The standard InChI is InChI=1S/C20H26.C20H24.C19H22O2.C17H18O.2CO2.CH4.K.Na.H2O.H/c2*1-2-9-18(14-16-19-10-5-3-6-11-19)15-17-20-12-7-4-8-13-20;20-16-21-15-19(13-11-17-7-3-1-4-8-17)14-12-18-9-5-2-6-10-18;18-17(13-11-15-7-3-1-4-8-15)14-12-16-9-5-2-6-10-16;2*2-1-3;;;;;/h3-8,10-13,18H,2,9,14-17H2,1H3;3-13H,2,14-17H2,1H3;1-10,16,19H,11-15H2;1-10H,11-14H2;;;1H4;;;1H2;/q;;;;;;;2*+1;;-1/p-1. The number of Topliss-reactive ketones (excluding diaryl/α,β-unsaturated/α-hetero) is 1. The molecule has 0 fully saturated rings. The van der Waals surface area contributed by atoms with Crippen LogP contribution in [0.3, 0.4) is 0 Å². The molecule has 8 rings (SSSR count). The fourth-order valence-electron chi connectivity index (χ4n) is 9.89. The van der Waals surface area contributed by atoms with Gasteiger partial charge in [0, 0.05) is 12.8 Å². The van der Waals surface area contributed by atoms with Crippen LogP contribution in [0, 0.1) is 11.8 Å². The summed E-state index contributed by atoms with van der Waals surface area (Å²) in [5, 5.41) is 0. The first-order chi connectivity index (χ1) is 41.8. The third-order valence-electron chi connectivity index (χ3n) is 14.6. The number of hydrogen-bond acceptors (Lipinski definition) is 8. The van der Waals surface area contributed by atoms with Crippen molar-refractivity contribution in [3.8, 4) is 0 Å². The molecule has 0 atom stereocenters. The van der Waals surface area contributed by atoms with Crippen LogP contribution in [0.2, 0.25) is 0 Å². The van der Waals surface area contributed by atoms with E-state index in [0.29, 0.717) is 37.6 Å². The number of carbonyl (C=O) groups is 2. The first-order valence-electron chi connectivity index (χ1n) is 30.4. The molecule has 0 spiro atoms. The zero-order valence-electron chi connectivity index (χ0n) is 53.9. The van der Waals surface area contributed by atoms with Crippen LogP contribution in [0.15, 0.2) is 254 Å². The second-order valence-corrected chi connectivity index (χ2v) is 21.0. The summed E-state index contributed by atoms with van der Waals surface area (Å²) >= 11 is 0. The summed E-state index contributed by atoms with van der Waals surface area (Å²) in [6.45, 7) is 5.60. The molecule has 0 saturated heterocycles. The summed E-state index contributed by atoms with van der Waals surface area (Å²) in [5.41, 5.74) is 12.6. The topological polar surface area (TPSA) is 142 Å². The summed E-state index contributed by atoms with van der Waals surface area (Å²) in [5.74, 6) is 1.62. The largest absolute Gasteiger partial charge is 1.00 e. The summed E-state index contributed by atoms with van der Waals surface area (Å²) in [6, 6.07) is 84.6. The predicted octanol–water partition coefficient (Wildman–Crippen LogP) is 12.5. The smallest absolute Gasteiger partial charge is 1.00 e. The van der Waals surface area contributed by atoms with E-state index in [0.717, 1.165) is 63.7 Å². The van der Waals surface area contributed by atoms with Gasteiger partial charge in [0.25, 0.3) is 6.47 Å². The third-order valence-corrected chi connectivity index (χ3v) is 14.6. The maximum atomic E-state index is 11.8. The normalized spacial score (nSPS) is 9.48. The molecule has 8 aromatic carbocycles. The Balaban J connectivity index is -0.00000107. The Hall–Kier alpha value is -6.00. The van der Waals surface area contributed by atoms with Crippen LogP contribution < -0.4 is 80.9 Å². The molecule has 0 bridgehead atoms. The Morgan fingerprint density at radius 1 is 0.393 bits per heavy atom. The van der Waals surface area contributed by atoms with Gasteiger partial charge in [0.05, 0.1) is 6.61 Å². The number of allylic oxidation sites excluding steroid dienone is 2. The SMILES string of the molecule is C.CCC=C(CCc1ccccc1)CCc1ccccc1.CCCC(CCc1ccccc1)CCc1ccccc1.O=C(CCc1ccccc1)CCc1ccccc1.O=C=O.O=C=O.O=COCC(CCc1ccccc1)CCc1ccccc1.[H-].[K+].[Na+].[OH-]. The number of ketones is 1. The Labute approximate surface area is 600 Å². The summed E-state index contributed by atoms with van der Waals surface area (Å²) in [4.78, 5) is 54.7. The minimum absolute atomic E-state index is 0. The summed E-state index contributed by atoms with van der Waals surface area (Å²) < 4.78 is 4.99. The first-order valence-corrected chi connectivity index (χ1v) is 30.4. The number of aryl methyl sites for hydroxylation is 8. The van der Waals surface area contributed by atoms with Crippen LogP contribution >= 0.6 is 0 Å². The van der Waals surface area contributed by atoms with Gasteiger partial charge in [-0.05, 0) is 153 Å². The monoisotopic (exact) mass is 1230 g/mol. The molecule has 0 saturated carbocycles. The second kappa shape index (κ2) is 59.6. The van der Waals surface area contributed by atoms with E-state index in [2.05, 4.69) is 214 Å². The molecule has 0 radical (unpaired) electrons. The van der Waals surface area contributed by atoms with Crippen molar-refractivity contribution in [3.05, 3.63) is 299 Å². The van der Waals surface area contributed by atoms with Crippen molar-refractivity contribution >= 4 is 24.6 Å². The third kappa shape index (κ3) is 45.0. The Bertz CT molecular complexity index is 2780. The Morgan fingerprint density at radius 2 is 0.618 bits per heavy atom. The molecule has 0 unspecified atom stereocenters. The molecule has 0 heterocycles. The molecule has 0 aliphatic heterocycles. The van der Waals surface area contributed by atoms with E-state index in [-0.39, 0.29) is 108 Å². The fraction of sp³-hybridized carbons (Fsp3) is 0.316. The molecule has 8 nitrogen and oxygen atoms in total. The van der Waals surface area contributed by atoms with Crippen molar-refractivity contribution in [1.82, 2.24) is 0 Å². The van der Waals surface area contributed by atoms with E-state index < -0.39 is 0 Å². The number of rotatable bonds is 30. The maximum Gasteiger partial charge on any atom is 1.00 e. The molecule has 10 heteroatoms. The first kappa shape index (κ1) is 85.1. The minimum Gasteiger partial charge on any atom is -1.00 e. The van der Waals surface area contributed by atoms with Crippen molar-refractivity contribution in [2.75, 3.05) is 6.61 Å². The van der Waals surface area contributed by atoms with Crippen LogP contribution in [0.4, 0.5) is 0 Å². The molecule has 0 aliphatic rings. The Kier molecular flexibility index (Phi) is 57.0. The molecular formula is C79H96KNaO8. The van der Waals surface area contributed by atoms with Gasteiger partial charge in [0.1, 0.15) is 5.78 Å². The van der Waals surface area contributed by atoms with Crippen molar-refractivity contribution < 1.29 is 121 Å². The summed E-state index contributed by atoms with van der Waals surface area (Å²) in [7, 11) is 0. The summed E-state index contributed by atoms with van der Waals surface area (Å²) in [6.07, 6.45) is 23.6. The van der Waals surface area contributed by atoms with Gasteiger partial charge in [-0.2, -0.15) is 19.2 Å². The zero-order chi connectivity index (χ0) is 60.9. The van der Waals surface area contributed by atoms with E-state index >= 15 is 0 Å². The molecule has 1 N–H and O–H groups in total. The second-order valence-electron chi connectivity index (χ2n) is 21.0. The van der Waals surface area contributed by atoms with Gasteiger partial charge >= 0.3 is 93.2 Å². The molecular weight excluding hydrogens is 1140 g/mol. The molecule has 8 aromatic rings.